The summed E-state index contributed by atoms with van der Waals surface area (Å²) in [5.74, 6) is 1.80. The predicted molar refractivity (Wildman–Crippen MR) is 57.6 cm³/mol. The van der Waals surface area contributed by atoms with Crippen molar-refractivity contribution in [3.8, 4) is 11.5 Å². The fourth-order valence-electron chi connectivity index (χ4n) is 1.63. The average molecular weight is 208 g/mol. The van der Waals surface area contributed by atoms with Gasteiger partial charge in [0.25, 0.3) is 0 Å². The summed E-state index contributed by atoms with van der Waals surface area (Å²) >= 11 is 0. The molecular formula is C12H16O3. The summed E-state index contributed by atoms with van der Waals surface area (Å²) in [6.45, 7) is 0.909. The Hall–Kier alpha value is -1.22. The van der Waals surface area contributed by atoms with Gasteiger partial charge in [-0.15, -0.1) is 0 Å². The van der Waals surface area contributed by atoms with Crippen molar-refractivity contribution >= 4 is 0 Å². The molecule has 0 N–H and O–H groups in total. The largest absolute Gasteiger partial charge is 0.497 e. The van der Waals surface area contributed by atoms with E-state index in [0.717, 1.165) is 30.9 Å². The molecule has 1 heterocycles. The summed E-state index contributed by atoms with van der Waals surface area (Å²) in [5, 5.41) is 0. The molecule has 0 bridgehead atoms. The smallest absolute Gasteiger partial charge is 0.122 e. The molecule has 2 rings (SSSR count). The molecule has 0 spiro atoms. The number of hydrogen-bond acceptors (Lipinski definition) is 3. The van der Waals surface area contributed by atoms with Crippen LogP contribution in [0.2, 0.25) is 0 Å². The molecule has 0 aromatic heterocycles. The van der Waals surface area contributed by atoms with Gasteiger partial charge in [0, 0.05) is 0 Å². The van der Waals surface area contributed by atoms with Crippen molar-refractivity contribution in [2.45, 2.75) is 18.9 Å². The van der Waals surface area contributed by atoms with Gasteiger partial charge in [-0.05, 0) is 36.6 Å². The first-order valence-electron chi connectivity index (χ1n) is 5.16. The van der Waals surface area contributed by atoms with Crippen LogP contribution in [0.5, 0.6) is 11.5 Å². The minimum absolute atomic E-state index is 0.459. The Labute approximate surface area is 90.0 Å². The SMILES string of the molecule is COc1ccc(OC)c(CCC2CO2)c1. The molecule has 1 aromatic carbocycles. The van der Waals surface area contributed by atoms with E-state index in [0.29, 0.717) is 6.10 Å². The summed E-state index contributed by atoms with van der Waals surface area (Å²) in [6.07, 6.45) is 2.50. The van der Waals surface area contributed by atoms with Gasteiger partial charge < -0.3 is 14.2 Å². The molecule has 1 fully saturated rings. The predicted octanol–water partition coefficient (Wildman–Crippen LogP) is 2.04. The van der Waals surface area contributed by atoms with Gasteiger partial charge in [-0.1, -0.05) is 0 Å². The van der Waals surface area contributed by atoms with E-state index in [9.17, 15) is 0 Å². The number of benzene rings is 1. The number of hydrogen-bond donors (Lipinski definition) is 0. The lowest BCUT2D eigenvalue weighted by Gasteiger charge is -2.09. The zero-order valence-electron chi connectivity index (χ0n) is 9.16. The second-order valence-electron chi connectivity index (χ2n) is 3.67. The molecule has 3 nitrogen and oxygen atoms in total. The van der Waals surface area contributed by atoms with E-state index < -0.39 is 0 Å². The maximum Gasteiger partial charge on any atom is 0.122 e. The molecule has 0 aliphatic carbocycles. The van der Waals surface area contributed by atoms with Crippen LogP contribution in [0.4, 0.5) is 0 Å². The minimum Gasteiger partial charge on any atom is -0.497 e. The van der Waals surface area contributed by atoms with Crippen molar-refractivity contribution in [2.75, 3.05) is 20.8 Å². The van der Waals surface area contributed by atoms with Crippen molar-refractivity contribution < 1.29 is 14.2 Å². The summed E-state index contributed by atoms with van der Waals surface area (Å²) in [6, 6.07) is 5.89. The zero-order valence-corrected chi connectivity index (χ0v) is 9.16. The lowest BCUT2D eigenvalue weighted by atomic mass is 10.1. The van der Waals surface area contributed by atoms with Crippen LogP contribution in [-0.4, -0.2) is 26.9 Å². The van der Waals surface area contributed by atoms with E-state index in [-0.39, 0.29) is 0 Å². The lowest BCUT2D eigenvalue weighted by molar-refractivity contribution is 0.386. The van der Waals surface area contributed by atoms with Gasteiger partial charge in [0.1, 0.15) is 11.5 Å². The standard InChI is InChI=1S/C12H16O3/c1-13-10-5-6-12(14-2)9(7-10)3-4-11-8-15-11/h5-7,11H,3-4,8H2,1-2H3. The van der Waals surface area contributed by atoms with Crippen molar-refractivity contribution in [1.29, 1.82) is 0 Å². The van der Waals surface area contributed by atoms with Crippen LogP contribution in [0.25, 0.3) is 0 Å². The molecule has 3 heteroatoms. The Bertz CT molecular complexity index is 332. The fourth-order valence-corrected chi connectivity index (χ4v) is 1.63. The van der Waals surface area contributed by atoms with E-state index in [1.807, 2.05) is 18.2 Å². The van der Waals surface area contributed by atoms with Gasteiger partial charge in [-0.25, -0.2) is 0 Å². The molecule has 0 saturated carbocycles. The summed E-state index contributed by atoms with van der Waals surface area (Å²) in [4.78, 5) is 0. The second kappa shape index (κ2) is 4.53. The van der Waals surface area contributed by atoms with E-state index >= 15 is 0 Å². The summed E-state index contributed by atoms with van der Waals surface area (Å²) in [7, 11) is 3.37. The van der Waals surface area contributed by atoms with E-state index in [1.54, 1.807) is 14.2 Å². The summed E-state index contributed by atoms with van der Waals surface area (Å²) in [5.41, 5.74) is 1.19. The first kappa shape index (κ1) is 10.3. The number of methoxy groups -OCH3 is 2. The third kappa shape index (κ3) is 2.63. The summed E-state index contributed by atoms with van der Waals surface area (Å²) < 4.78 is 15.7. The fraction of sp³-hybridized carbons (Fsp3) is 0.500. The maximum atomic E-state index is 5.30. The minimum atomic E-state index is 0.459. The van der Waals surface area contributed by atoms with Crippen molar-refractivity contribution in [3.05, 3.63) is 23.8 Å². The number of ether oxygens (including phenoxy) is 3. The molecule has 15 heavy (non-hydrogen) atoms. The molecule has 1 unspecified atom stereocenters. The van der Waals surface area contributed by atoms with E-state index in [2.05, 4.69) is 0 Å². The second-order valence-corrected chi connectivity index (χ2v) is 3.67. The number of rotatable bonds is 5. The van der Waals surface area contributed by atoms with Crippen molar-refractivity contribution in [3.63, 3.8) is 0 Å². The molecule has 1 saturated heterocycles. The molecule has 82 valence electrons. The van der Waals surface area contributed by atoms with E-state index in [1.165, 1.54) is 5.56 Å². The van der Waals surface area contributed by atoms with Gasteiger partial charge in [-0.3, -0.25) is 0 Å². The quantitative estimate of drug-likeness (QED) is 0.694. The third-order valence-electron chi connectivity index (χ3n) is 2.63. The molecule has 0 radical (unpaired) electrons. The average Bonchev–Trinajstić information content (AvgIpc) is 3.09. The number of aryl methyl sites for hydroxylation is 1. The van der Waals surface area contributed by atoms with Crippen LogP contribution in [0.3, 0.4) is 0 Å². The monoisotopic (exact) mass is 208 g/mol. The Kier molecular flexibility index (Phi) is 3.11. The molecular weight excluding hydrogens is 192 g/mol. The van der Waals surface area contributed by atoms with E-state index in [4.69, 9.17) is 14.2 Å². The van der Waals surface area contributed by atoms with Gasteiger partial charge in [0.15, 0.2) is 0 Å². The first-order chi connectivity index (χ1) is 7.33. The molecule has 1 aliphatic rings. The van der Waals surface area contributed by atoms with Crippen LogP contribution in [0, 0.1) is 0 Å². The maximum absolute atomic E-state index is 5.30. The topological polar surface area (TPSA) is 31.0 Å². The first-order valence-corrected chi connectivity index (χ1v) is 5.16. The third-order valence-corrected chi connectivity index (χ3v) is 2.63. The van der Waals surface area contributed by atoms with Gasteiger partial charge in [-0.2, -0.15) is 0 Å². The van der Waals surface area contributed by atoms with Gasteiger partial charge >= 0.3 is 0 Å². The molecule has 0 amide bonds. The van der Waals surface area contributed by atoms with Crippen LogP contribution < -0.4 is 9.47 Å². The molecule has 1 aliphatic heterocycles. The zero-order chi connectivity index (χ0) is 10.7. The Morgan fingerprint density at radius 1 is 1.33 bits per heavy atom. The molecule has 1 atom stereocenters. The lowest BCUT2D eigenvalue weighted by Crippen LogP contribution is -1.96. The van der Waals surface area contributed by atoms with Crippen LogP contribution in [0.1, 0.15) is 12.0 Å². The highest BCUT2D eigenvalue weighted by atomic mass is 16.6. The van der Waals surface area contributed by atoms with Crippen LogP contribution in [-0.2, 0) is 11.2 Å². The Balaban J connectivity index is 2.08. The van der Waals surface area contributed by atoms with Crippen LogP contribution >= 0.6 is 0 Å². The van der Waals surface area contributed by atoms with Crippen LogP contribution in [0.15, 0.2) is 18.2 Å². The Morgan fingerprint density at radius 3 is 2.73 bits per heavy atom. The van der Waals surface area contributed by atoms with Gasteiger partial charge in [0.2, 0.25) is 0 Å². The normalized spacial score (nSPS) is 18.7. The van der Waals surface area contributed by atoms with Crippen molar-refractivity contribution in [2.24, 2.45) is 0 Å². The van der Waals surface area contributed by atoms with Crippen molar-refractivity contribution in [1.82, 2.24) is 0 Å². The molecule has 1 aromatic rings. The number of epoxide rings is 1. The Morgan fingerprint density at radius 2 is 2.13 bits per heavy atom. The van der Waals surface area contributed by atoms with Gasteiger partial charge in [0.05, 0.1) is 26.9 Å². The highest BCUT2D eigenvalue weighted by Gasteiger charge is 2.22. The highest BCUT2D eigenvalue weighted by molar-refractivity contribution is 5.40. The highest BCUT2D eigenvalue weighted by Crippen LogP contribution is 2.27.